The minimum Gasteiger partial charge on any atom is -0.494 e. The summed E-state index contributed by atoms with van der Waals surface area (Å²) in [5.74, 6) is -1.51. The molecule has 1 atom stereocenters. The summed E-state index contributed by atoms with van der Waals surface area (Å²) >= 11 is 0. The van der Waals surface area contributed by atoms with Gasteiger partial charge in [-0.15, -0.1) is 0 Å². The second-order valence-corrected chi connectivity index (χ2v) is 12.0. The largest absolute Gasteiger partial charge is 0.494 e. The van der Waals surface area contributed by atoms with Crippen molar-refractivity contribution in [1.29, 1.82) is 0 Å². The van der Waals surface area contributed by atoms with Crippen LogP contribution in [-0.4, -0.2) is 52.8 Å². The van der Waals surface area contributed by atoms with Crippen LogP contribution in [0.15, 0.2) is 24.3 Å². The molecule has 0 radical (unpaired) electrons. The van der Waals surface area contributed by atoms with Gasteiger partial charge in [0.2, 0.25) is 5.91 Å². The molecule has 0 aliphatic carbocycles. The topological polar surface area (TPSA) is 128 Å². The van der Waals surface area contributed by atoms with Crippen molar-refractivity contribution in [3.63, 3.8) is 0 Å². The van der Waals surface area contributed by atoms with Gasteiger partial charge in [-0.2, -0.15) is 0 Å². The number of carboxylic acid groups (broad SMARTS) is 1. The number of unbranched alkanes of at least 4 members (excludes halogenated alkanes) is 7. The van der Waals surface area contributed by atoms with Crippen molar-refractivity contribution in [2.45, 2.75) is 129 Å². The minimum atomic E-state index is -1.03. The molecule has 0 saturated heterocycles. The van der Waals surface area contributed by atoms with Gasteiger partial charge in [0.15, 0.2) is 0 Å². The van der Waals surface area contributed by atoms with Crippen LogP contribution in [0.25, 0.3) is 0 Å². The van der Waals surface area contributed by atoms with E-state index >= 15 is 0 Å². The van der Waals surface area contributed by atoms with Gasteiger partial charge in [-0.25, -0.2) is 9.59 Å². The third kappa shape index (κ3) is 17.5. The van der Waals surface area contributed by atoms with Crippen LogP contribution in [0.1, 0.15) is 123 Å². The van der Waals surface area contributed by atoms with E-state index in [9.17, 15) is 19.2 Å². The first-order valence-electron chi connectivity index (χ1n) is 14.4. The van der Waals surface area contributed by atoms with E-state index in [1.54, 1.807) is 45.0 Å². The van der Waals surface area contributed by atoms with Crippen molar-refractivity contribution in [1.82, 2.24) is 5.32 Å². The number of carboxylic acids is 1. The SMILES string of the molecule is CC(C)(C)OC(=O)c1ccc(OCCCCCCCCCCC(=O)N[C@@H](CCC(=O)O)C(=O)OC(C)(C)C)cc1. The minimum absolute atomic E-state index is 0.00139. The summed E-state index contributed by atoms with van der Waals surface area (Å²) in [6.45, 7) is 11.3. The molecule has 0 bridgehead atoms. The van der Waals surface area contributed by atoms with E-state index in [0.717, 1.165) is 50.7 Å². The highest BCUT2D eigenvalue weighted by Crippen LogP contribution is 2.17. The van der Waals surface area contributed by atoms with Crippen LogP contribution in [0.5, 0.6) is 5.75 Å². The fraction of sp³-hybridized carbons (Fsp3) is 0.677. The Labute approximate surface area is 239 Å². The van der Waals surface area contributed by atoms with Gasteiger partial charge in [0.25, 0.3) is 0 Å². The lowest BCUT2D eigenvalue weighted by Crippen LogP contribution is -2.44. The van der Waals surface area contributed by atoms with Crippen LogP contribution in [0.3, 0.4) is 0 Å². The zero-order valence-corrected chi connectivity index (χ0v) is 25.2. The Bertz CT molecular complexity index is 928. The molecule has 0 fully saturated rings. The number of esters is 2. The summed E-state index contributed by atoms with van der Waals surface area (Å²) < 4.78 is 16.4. The number of carbonyl (C=O) groups is 4. The molecule has 0 heterocycles. The molecule has 2 N–H and O–H groups in total. The Kier molecular flexibility index (Phi) is 15.3. The number of aliphatic carboxylic acids is 1. The van der Waals surface area contributed by atoms with Gasteiger partial charge in [-0.05, 0) is 85.1 Å². The molecule has 0 spiro atoms. The Morgan fingerprint density at radius 3 is 1.80 bits per heavy atom. The van der Waals surface area contributed by atoms with E-state index in [4.69, 9.17) is 19.3 Å². The molecule has 40 heavy (non-hydrogen) atoms. The maximum absolute atomic E-state index is 12.3. The van der Waals surface area contributed by atoms with Gasteiger partial charge >= 0.3 is 17.9 Å². The van der Waals surface area contributed by atoms with Gasteiger partial charge in [0.05, 0.1) is 12.2 Å². The normalized spacial score (nSPS) is 12.3. The summed E-state index contributed by atoms with van der Waals surface area (Å²) in [4.78, 5) is 47.6. The van der Waals surface area contributed by atoms with E-state index in [1.807, 2.05) is 20.8 Å². The van der Waals surface area contributed by atoms with E-state index in [-0.39, 0.29) is 24.7 Å². The van der Waals surface area contributed by atoms with Gasteiger partial charge in [0.1, 0.15) is 23.0 Å². The summed E-state index contributed by atoms with van der Waals surface area (Å²) in [6, 6.07) is 6.04. The zero-order valence-electron chi connectivity index (χ0n) is 25.2. The fourth-order valence-corrected chi connectivity index (χ4v) is 3.82. The quantitative estimate of drug-likeness (QED) is 0.159. The average molecular weight is 564 g/mol. The molecular formula is C31H49NO8. The molecule has 1 aromatic rings. The van der Waals surface area contributed by atoms with E-state index in [0.29, 0.717) is 25.0 Å². The molecule has 1 amide bonds. The third-order valence-electron chi connectivity index (χ3n) is 5.73. The first-order valence-corrected chi connectivity index (χ1v) is 14.4. The van der Waals surface area contributed by atoms with Gasteiger partial charge in [-0.1, -0.05) is 38.5 Å². The van der Waals surface area contributed by atoms with Crippen molar-refractivity contribution < 1.29 is 38.5 Å². The third-order valence-corrected chi connectivity index (χ3v) is 5.73. The molecule has 0 aliphatic heterocycles. The van der Waals surface area contributed by atoms with Gasteiger partial charge in [0, 0.05) is 12.8 Å². The van der Waals surface area contributed by atoms with Crippen molar-refractivity contribution in [2.24, 2.45) is 0 Å². The number of hydrogen-bond acceptors (Lipinski definition) is 7. The van der Waals surface area contributed by atoms with E-state index < -0.39 is 29.2 Å². The molecule has 0 aromatic heterocycles. The molecule has 0 aliphatic rings. The van der Waals surface area contributed by atoms with Gasteiger partial charge < -0.3 is 24.6 Å². The second-order valence-electron chi connectivity index (χ2n) is 12.0. The van der Waals surface area contributed by atoms with E-state index in [2.05, 4.69) is 5.32 Å². The lowest BCUT2D eigenvalue weighted by Gasteiger charge is -2.24. The highest BCUT2D eigenvalue weighted by atomic mass is 16.6. The number of nitrogens with one attached hydrogen (secondary N) is 1. The Morgan fingerprint density at radius 1 is 0.750 bits per heavy atom. The number of hydrogen-bond donors (Lipinski definition) is 2. The molecule has 1 aromatic carbocycles. The summed E-state index contributed by atoms with van der Waals surface area (Å²) in [5.41, 5.74) is -0.737. The predicted molar refractivity (Wildman–Crippen MR) is 153 cm³/mol. The second kappa shape index (κ2) is 17.6. The number of benzene rings is 1. The fourth-order valence-electron chi connectivity index (χ4n) is 3.82. The lowest BCUT2D eigenvalue weighted by atomic mass is 10.1. The zero-order chi connectivity index (χ0) is 30.2. The number of ether oxygens (including phenoxy) is 3. The van der Waals surface area contributed by atoms with Crippen molar-refractivity contribution in [3.8, 4) is 5.75 Å². The monoisotopic (exact) mass is 563 g/mol. The first-order chi connectivity index (χ1) is 18.7. The summed E-state index contributed by atoms with van der Waals surface area (Å²) in [5, 5.41) is 11.6. The van der Waals surface area contributed by atoms with E-state index in [1.165, 1.54) is 0 Å². The lowest BCUT2D eigenvalue weighted by molar-refractivity contribution is -0.159. The van der Waals surface area contributed by atoms with Gasteiger partial charge in [-0.3, -0.25) is 9.59 Å². The predicted octanol–water partition coefficient (Wildman–Crippen LogP) is 6.22. The van der Waals surface area contributed by atoms with Crippen LogP contribution in [0, 0.1) is 0 Å². The average Bonchev–Trinajstić information content (AvgIpc) is 2.83. The number of rotatable bonds is 18. The molecule has 1 rings (SSSR count). The Balaban J connectivity index is 2.14. The Hall–Kier alpha value is -3.10. The maximum atomic E-state index is 12.3. The molecule has 9 heteroatoms. The summed E-state index contributed by atoms with van der Waals surface area (Å²) in [6.07, 6.45) is 8.08. The summed E-state index contributed by atoms with van der Waals surface area (Å²) in [7, 11) is 0. The number of amides is 1. The van der Waals surface area contributed by atoms with Crippen molar-refractivity contribution in [2.75, 3.05) is 6.61 Å². The number of carbonyl (C=O) groups excluding carboxylic acids is 3. The van der Waals surface area contributed by atoms with Crippen molar-refractivity contribution in [3.05, 3.63) is 29.8 Å². The molecule has 0 saturated carbocycles. The molecular weight excluding hydrogens is 514 g/mol. The molecule has 226 valence electrons. The highest BCUT2D eigenvalue weighted by molar-refractivity contribution is 5.89. The van der Waals surface area contributed by atoms with Crippen LogP contribution >= 0.6 is 0 Å². The standard InChI is InChI=1S/C31H49NO8/c1-30(2,3)39-28(36)23-16-18-24(19-17-23)38-22-14-12-10-8-7-9-11-13-15-26(33)32-25(20-21-27(34)35)29(37)40-31(4,5)6/h16-19,25H,7-15,20-22H2,1-6H3,(H,32,33)(H,34,35)/t25-/m0/s1. The molecule has 0 unspecified atom stereocenters. The maximum Gasteiger partial charge on any atom is 0.338 e. The Morgan fingerprint density at radius 2 is 1.27 bits per heavy atom. The molecule has 9 nitrogen and oxygen atoms in total. The first kappa shape index (κ1) is 34.9. The smallest absolute Gasteiger partial charge is 0.338 e. The highest BCUT2D eigenvalue weighted by Gasteiger charge is 2.27. The van der Waals surface area contributed by atoms with Crippen LogP contribution in [-0.2, 0) is 23.9 Å². The van der Waals surface area contributed by atoms with Crippen molar-refractivity contribution >= 4 is 23.8 Å². The van der Waals surface area contributed by atoms with Crippen LogP contribution in [0.4, 0.5) is 0 Å². The van der Waals surface area contributed by atoms with Crippen LogP contribution in [0.2, 0.25) is 0 Å². The van der Waals surface area contributed by atoms with Crippen LogP contribution < -0.4 is 10.1 Å².